The van der Waals surface area contributed by atoms with Crippen LogP contribution in [0.15, 0.2) is 46.9 Å². The third kappa shape index (κ3) is 3.58. The highest BCUT2D eigenvalue weighted by Gasteiger charge is 2.13. The van der Waals surface area contributed by atoms with Gasteiger partial charge in [0.15, 0.2) is 0 Å². The fraction of sp³-hybridized carbons (Fsp3) is 0.250. The summed E-state index contributed by atoms with van der Waals surface area (Å²) < 4.78 is 2.26. The van der Waals surface area contributed by atoms with Gasteiger partial charge in [0.2, 0.25) is 0 Å². The second-order valence-electron chi connectivity index (χ2n) is 4.96. The quantitative estimate of drug-likeness (QED) is 0.664. The lowest BCUT2D eigenvalue weighted by Crippen LogP contribution is -2.12. The maximum absolute atomic E-state index is 6.38. The standard InChI is InChI=1S/C16H17BrIN/c1-10(2)11-3-5-12(6-4-11)16(19)14-9-13(18)7-8-15(14)17/h3-10,16H,19H2,1-2H3. The monoisotopic (exact) mass is 429 g/mol. The van der Waals surface area contributed by atoms with E-state index in [9.17, 15) is 0 Å². The fourth-order valence-corrected chi connectivity index (χ4v) is 3.03. The van der Waals surface area contributed by atoms with Crippen LogP contribution in [-0.4, -0.2) is 0 Å². The molecule has 1 atom stereocenters. The van der Waals surface area contributed by atoms with Crippen molar-refractivity contribution < 1.29 is 0 Å². The van der Waals surface area contributed by atoms with Gasteiger partial charge in [0.25, 0.3) is 0 Å². The summed E-state index contributed by atoms with van der Waals surface area (Å²) in [5.41, 5.74) is 10.00. The zero-order valence-electron chi connectivity index (χ0n) is 11.0. The van der Waals surface area contributed by atoms with Gasteiger partial charge in [-0.3, -0.25) is 0 Å². The molecule has 2 N–H and O–H groups in total. The third-order valence-electron chi connectivity index (χ3n) is 3.26. The van der Waals surface area contributed by atoms with Gasteiger partial charge in [-0.1, -0.05) is 54.0 Å². The van der Waals surface area contributed by atoms with Crippen molar-refractivity contribution >= 4 is 38.5 Å². The summed E-state index contributed by atoms with van der Waals surface area (Å²) in [6.45, 7) is 4.40. The Kier molecular flexibility index (Phi) is 5.03. The highest BCUT2D eigenvalue weighted by molar-refractivity contribution is 14.1. The molecule has 0 aliphatic rings. The van der Waals surface area contributed by atoms with Gasteiger partial charge in [-0.15, -0.1) is 0 Å². The van der Waals surface area contributed by atoms with Crippen molar-refractivity contribution in [2.24, 2.45) is 5.73 Å². The van der Waals surface area contributed by atoms with Crippen LogP contribution in [0.1, 0.15) is 42.5 Å². The molecule has 0 aliphatic heterocycles. The lowest BCUT2D eigenvalue weighted by Gasteiger charge is -2.16. The number of hydrogen-bond donors (Lipinski definition) is 1. The predicted octanol–water partition coefficient (Wildman–Crippen LogP) is 5.23. The van der Waals surface area contributed by atoms with Crippen LogP contribution in [0.3, 0.4) is 0 Å². The van der Waals surface area contributed by atoms with Gasteiger partial charge in [-0.05, 0) is 63.4 Å². The molecule has 19 heavy (non-hydrogen) atoms. The van der Waals surface area contributed by atoms with Crippen LogP contribution in [0.25, 0.3) is 0 Å². The molecule has 1 unspecified atom stereocenters. The topological polar surface area (TPSA) is 26.0 Å². The summed E-state index contributed by atoms with van der Waals surface area (Å²) in [5.74, 6) is 0.551. The molecular formula is C16H17BrIN. The van der Waals surface area contributed by atoms with Crippen molar-refractivity contribution in [3.05, 3.63) is 67.2 Å². The van der Waals surface area contributed by atoms with E-state index in [1.807, 2.05) is 0 Å². The lowest BCUT2D eigenvalue weighted by molar-refractivity contribution is 0.844. The van der Waals surface area contributed by atoms with Crippen LogP contribution in [0.4, 0.5) is 0 Å². The molecule has 0 aliphatic carbocycles. The first kappa shape index (κ1) is 15.0. The van der Waals surface area contributed by atoms with Gasteiger partial charge < -0.3 is 5.73 Å². The smallest absolute Gasteiger partial charge is 0.0563 e. The Labute approximate surface area is 136 Å². The van der Waals surface area contributed by atoms with E-state index < -0.39 is 0 Å². The van der Waals surface area contributed by atoms with E-state index in [-0.39, 0.29) is 6.04 Å². The molecule has 0 radical (unpaired) electrons. The van der Waals surface area contributed by atoms with Crippen LogP contribution < -0.4 is 5.73 Å². The van der Waals surface area contributed by atoms with Gasteiger partial charge >= 0.3 is 0 Å². The molecule has 0 saturated heterocycles. The second kappa shape index (κ2) is 6.37. The van der Waals surface area contributed by atoms with Crippen molar-refractivity contribution in [1.82, 2.24) is 0 Å². The maximum Gasteiger partial charge on any atom is 0.0563 e. The van der Waals surface area contributed by atoms with Crippen molar-refractivity contribution in [3.63, 3.8) is 0 Å². The largest absolute Gasteiger partial charge is 0.320 e. The Bertz CT molecular complexity index is 563. The summed E-state index contributed by atoms with van der Waals surface area (Å²) in [4.78, 5) is 0. The first-order valence-corrected chi connectivity index (χ1v) is 8.16. The van der Waals surface area contributed by atoms with E-state index in [1.165, 1.54) is 9.13 Å². The normalized spacial score (nSPS) is 12.7. The highest BCUT2D eigenvalue weighted by atomic mass is 127. The van der Waals surface area contributed by atoms with E-state index in [0.717, 1.165) is 15.6 Å². The summed E-state index contributed by atoms with van der Waals surface area (Å²) in [6, 6.07) is 14.8. The van der Waals surface area contributed by atoms with Crippen LogP contribution in [0.2, 0.25) is 0 Å². The average Bonchev–Trinajstić information content (AvgIpc) is 2.41. The molecule has 0 amide bonds. The molecule has 2 aromatic rings. The molecular weight excluding hydrogens is 413 g/mol. The highest BCUT2D eigenvalue weighted by Crippen LogP contribution is 2.29. The Balaban J connectivity index is 2.33. The minimum atomic E-state index is -0.0923. The first-order chi connectivity index (χ1) is 8.99. The summed E-state index contributed by atoms with van der Waals surface area (Å²) in [6.07, 6.45) is 0. The summed E-state index contributed by atoms with van der Waals surface area (Å²) in [5, 5.41) is 0. The van der Waals surface area contributed by atoms with E-state index in [2.05, 4.69) is 94.8 Å². The van der Waals surface area contributed by atoms with E-state index in [0.29, 0.717) is 5.92 Å². The van der Waals surface area contributed by atoms with Gasteiger partial charge in [-0.2, -0.15) is 0 Å². The molecule has 0 heterocycles. The zero-order valence-corrected chi connectivity index (χ0v) is 14.8. The molecule has 0 spiro atoms. The Morgan fingerprint density at radius 1 is 1.00 bits per heavy atom. The van der Waals surface area contributed by atoms with E-state index >= 15 is 0 Å². The molecule has 2 rings (SSSR count). The molecule has 0 fully saturated rings. The molecule has 0 saturated carbocycles. The maximum atomic E-state index is 6.38. The minimum absolute atomic E-state index is 0.0923. The predicted molar refractivity (Wildman–Crippen MR) is 93.4 cm³/mol. The second-order valence-corrected chi connectivity index (χ2v) is 7.06. The molecule has 0 bridgehead atoms. The SMILES string of the molecule is CC(C)c1ccc(C(N)c2cc(I)ccc2Br)cc1. The zero-order chi connectivity index (χ0) is 14.0. The molecule has 1 nitrogen and oxygen atoms in total. The van der Waals surface area contributed by atoms with Gasteiger partial charge in [0.1, 0.15) is 0 Å². The van der Waals surface area contributed by atoms with Crippen molar-refractivity contribution in [2.75, 3.05) is 0 Å². The van der Waals surface area contributed by atoms with Crippen molar-refractivity contribution in [1.29, 1.82) is 0 Å². The van der Waals surface area contributed by atoms with Crippen molar-refractivity contribution in [3.8, 4) is 0 Å². The fourth-order valence-electron chi connectivity index (χ4n) is 2.02. The number of hydrogen-bond acceptors (Lipinski definition) is 1. The Hall–Kier alpha value is -0.390. The van der Waals surface area contributed by atoms with Crippen LogP contribution >= 0.6 is 38.5 Å². The van der Waals surface area contributed by atoms with Crippen LogP contribution in [-0.2, 0) is 0 Å². The van der Waals surface area contributed by atoms with Gasteiger partial charge in [0.05, 0.1) is 6.04 Å². The van der Waals surface area contributed by atoms with Gasteiger partial charge in [-0.25, -0.2) is 0 Å². The van der Waals surface area contributed by atoms with E-state index in [1.54, 1.807) is 0 Å². The first-order valence-electron chi connectivity index (χ1n) is 6.29. The molecule has 0 aromatic heterocycles. The average molecular weight is 430 g/mol. The molecule has 2 aromatic carbocycles. The molecule has 3 heteroatoms. The van der Waals surface area contributed by atoms with Crippen LogP contribution in [0, 0.1) is 3.57 Å². The Morgan fingerprint density at radius 2 is 1.58 bits per heavy atom. The van der Waals surface area contributed by atoms with Gasteiger partial charge in [0, 0.05) is 8.04 Å². The number of nitrogens with two attached hydrogens (primary N) is 1. The molecule has 100 valence electrons. The number of halogens is 2. The number of benzene rings is 2. The number of rotatable bonds is 3. The Morgan fingerprint density at radius 3 is 2.16 bits per heavy atom. The lowest BCUT2D eigenvalue weighted by atomic mass is 9.96. The minimum Gasteiger partial charge on any atom is -0.320 e. The van der Waals surface area contributed by atoms with Crippen molar-refractivity contribution in [2.45, 2.75) is 25.8 Å². The summed E-state index contributed by atoms with van der Waals surface area (Å²) >= 11 is 5.90. The third-order valence-corrected chi connectivity index (χ3v) is 4.65. The van der Waals surface area contributed by atoms with E-state index in [4.69, 9.17) is 5.73 Å². The van der Waals surface area contributed by atoms with Crippen LogP contribution in [0.5, 0.6) is 0 Å². The summed E-state index contributed by atoms with van der Waals surface area (Å²) in [7, 11) is 0.